The molecule has 1 aromatic carbocycles. The molecule has 1 aliphatic rings. The molecule has 0 heterocycles. The van der Waals surface area contributed by atoms with E-state index in [1.165, 1.54) is 5.56 Å². The van der Waals surface area contributed by atoms with Crippen molar-refractivity contribution in [3.8, 4) is 5.75 Å². The minimum absolute atomic E-state index is 0.134. The third kappa shape index (κ3) is 1.44. The fourth-order valence-corrected chi connectivity index (χ4v) is 2.48. The summed E-state index contributed by atoms with van der Waals surface area (Å²) < 4.78 is 0. The monoisotopic (exact) mass is 205 g/mol. The van der Waals surface area contributed by atoms with E-state index in [-0.39, 0.29) is 11.5 Å². The first-order valence-electron chi connectivity index (χ1n) is 5.54. The highest BCUT2D eigenvalue weighted by Gasteiger charge is 2.48. The average Bonchev–Trinajstić information content (AvgIpc) is 2.95. The molecule has 1 unspecified atom stereocenters. The number of phenols is 1. The van der Waals surface area contributed by atoms with Gasteiger partial charge in [0.05, 0.1) is 0 Å². The molecule has 82 valence electrons. The first kappa shape index (κ1) is 10.5. The number of phenolic OH excluding ortho intramolecular Hbond substituents is 1. The van der Waals surface area contributed by atoms with Crippen LogP contribution < -0.4 is 5.73 Å². The zero-order valence-electron chi connectivity index (χ0n) is 9.67. The van der Waals surface area contributed by atoms with Gasteiger partial charge in [0.1, 0.15) is 5.75 Å². The van der Waals surface area contributed by atoms with Crippen molar-refractivity contribution in [1.82, 2.24) is 0 Å². The van der Waals surface area contributed by atoms with Gasteiger partial charge in [-0.25, -0.2) is 0 Å². The summed E-state index contributed by atoms with van der Waals surface area (Å²) in [6.45, 7) is 5.97. The van der Waals surface area contributed by atoms with Crippen LogP contribution in [-0.4, -0.2) is 11.1 Å². The van der Waals surface area contributed by atoms with E-state index in [2.05, 4.69) is 13.0 Å². The van der Waals surface area contributed by atoms with Crippen LogP contribution in [0, 0.1) is 13.8 Å². The normalized spacial score (nSPS) is 20.0. The van der Waals surface area contributed by atoms with E-state index in [9.17, 15) is 5.11 Å². The second-order valence-electron chi connectivity index (χ2n) is 4.85. The van der Waals surface area contributed by atoms with E-state index >= 15 is 0 Å². The molecule has 1 atom stereocenters. The first-order valence-corrected chi connectivity index (χ1v) is 5.54. The largest absolute Gasteiger partial charge is 0.507 e. The Bertz CT molecular complexity index is 392. The van der Waals surface area contributed by atoms with Crippen LogP contribution in [0.3, 0.4) is 0 Å². The molecule has 2 heteroatoms. The van der Waals surface area contributed by atoms with Crippen molar-refractivity contribution < 1.29 is 5.11 Å². The van der Waals surface area contributed by atoms with Crippen molar-refractivity contribution in [2.24, 2.45) is 5.73 Å². The van der Waals surface area contributed by atoms with E-state index in [1.807, 2.05) is 19.9 Å². The van der Waals surface area contributed by atoms with Crippen molar-refractivity contribution >= 4 is 0 Å². The van der Waals surface area contributed by atoms with E-state index in [0.717, 1.165) is 24.0 Å². The summed E-state index contributed by atoms with van der Waals surface area (Å²) in [7, 11) is 0. The van der Waals surface area contributed by atoms with Crippen LogP contribution in [0.5, 0.6) is 5.75 Å². The summed E-state index contributed by atoms with van der Waals surface area (Å²) >= 11 is 0. The molecule has 0 amide bonds. The summed E-state index contributed by atoms with van der Waals surface area (Å²) in [5.41, 5.74) is 9.36. The standard InChI is InChI=1S/C13H19NO/c1-8-4-5-11(9(2)12(8)15)13(6-7-13)10(3)14/h4-5,10,15H,6-7,14H2,1-3H3. The number of aromatic hydroxyl groups is 1. The molecule has 0 aliphatic heterocycles. The SMILES string of the molecule is Cc1ccc(C2(C(C)N)CC2)c(C)c1O. The smallest absolute Gasteiger partial charge is 0.121 e. The fraction of sp³-hybridized carbons (Fsp3) is 0.538. The summed E-state index contributed by atoms with van der Waals surface area (Å²) in [5, 5.41) is 9.92. The number of rotatable bonds is 2. The van der Waals surface area contributed by atoms with E-state index in [4.69, 9.17) is 5.73 Å². The van der Waals surface area contributed by atoms with Gasteiger partial charge in [-0.1, -0.05) is 12.1 Å². The van der Waals surface area contributed by atoms with Gasteiger partial charge in [-0.05, 0) is 50.3 Å². The Kier molecular flexibility index (Phi) is 2.27. The van der Waals surface area contributed by atoms with Crippen LogP contribution in [0.15, 0.2) is 12.1 Å². The summed E-state index contributed by atoms with van der Waals surface area (Å²) in [5.74, 6) is 0.430. The molecule has 1 aromatic rings. The van der Waals surface area contributed by atoms with Crippen LogP contribution in [-0.2, 0) is 5.41 Å². The maximum absolute atomic E-state index is 9.92. The third-order valence-electron chi connectivity index (χ3n) is 3.83. The molecule has 1 saturated carbocycles. The van der Waals surface area contributed by atoms with Crippen LogP contribution in [0.2, 0.25) is 0 Å². The van der Waals surface area contributed by atoms with Gasteiger partial charge in [-0.2, -0.15) is 0 Å². The molecule has 0 bridgehead atoms. The van der Waals surface area contributed by atoms with Crippen LogP contribution >= 0.6 is 0 Å². The predicted octanol–water partition coefficient (Wildman–Crippen LogP) is 2.39. The van der Waals surface area contributed by atoms with Gasteiger partial charge in [0, 0.05) is 11.5 Å². The lowest BCUT2D eigenvalue weighted by Gasteiger charge is -2.23. The van der Waals surface area contributed by atoms with E-state index in [0.29, 0.717) is 5.75 Å². The van der Waals surface area contributed by atoms with Crippen molar-refractivity contribution in [3.63, 3.8) is 0 Å². The summed E-state index contributed by atoms with van der Waals surface area (Å²) in [6.07, 6.45) is 2.29. The lowest BCUT2D eigenvalue weighted by molar-refractivity contribution is 0.461. The maximum atomic E-state index is 9.92. The van der Waals surface area contributed by atoms with Crippen LogP contribution in [0.4, 0.5) is 0 Å². The Balaban J connectivity index is 2.51. The van der Waals surface area contributed by atoms with Crippen LogP contribution in [0.25, 0.3) is 0 Å². The van der Waals surface area contributed by atoms with Gasteiger partial charge in [0.15, 0.2) is 0 Å². The maximum Gasteiger partial charge on any atom is 0.121 e. The Hall–Kier alpha value is -1.02. The second-order valence-corrected chi connectivity index (χ2v) is 4.85. The summed E-state index contributed by atoms with van der Waals surface area (Å²) in [4.78, 5) is 0. The predicted molar refractivity (Wildman–Crippen MR) is 62.1 cm³/mol. The lowest BCUT2D eigenvalue weighted by atomic mass is 9.85. The number of nitrogens with two attached hydrogens (primary N) is 1. The number of hydrogen-bond donors (Lipinski definition) is 2. The number of aryl methyl sites for hydroxylation is 1. The zero-order chi connectivity index (χ0) is 11.2. The molecule has 15 heavy (non-hydrogen) atoms. The highest BCUT2D eigenvalue weighted by Crippen LogP contribution is 2.52. The van der Waals surface area contributed by atoms with Gasteiger partial charge in [-0.3, -0.25) is 0 Å². The first-order chi connectivity index (χ1) is 6.99. The number of hydrogen-bond acceptors (Lipinski definition) is 2. The van der Waals surface area contributed by atoms with Gasteiger partial charge >= 0.3 is 0 Å². The average molecular weight is 205 g/mol. The van der Waals surface area contributed by atoms with E-state index < -0.39 is 0 Å². The molecular formula is C13H19NO. The van der Waals surface area contributed by atoms with Crippen molar-refractivity contribution in [2.75, 3.05) is 0 Å². The molecule has 2 rings (SSSR count). The number of benzene rings is 1. The molecule has 1 aliphatic carbocycles. The van der Waals surface area contributed by atoms with Gasteiger partial charge in [-0.15, -0.1) is 0 Å². The Labute approximate surface area is 91.1 Å². The Morgan fingerprint density at radius 2 is 1.93 bits per heavy atom. The molecule has 0 radical (unpaired) electrons. The van der Waals surface area contributed by atoms with Crippen LogP contribution in [0.1, 0.15) is 36.5 Å². The van der Waals surface area contributed by atoms with Crippen molar-refractivity contribution in [3.05, 3.63) is 28.8 Å². The zero-order valence-corrected chi connectivity index (χ0v) is 9.67. The lowest BCUT2D eigenvalue weighted by Crippen LogP contribution is -2.32. The van der Waals surface area contributed by atoms with Crippen molar-refractivity contribution in [2.45, 2.75) is 45.1 Å². The minimum atomic E-state index is 0.134. The molecule has 2 nitrogen and oxygen atoms in total. The Morgan fingerprint density at radius 3 is 2.40 bits per heavy atom. The van der Waals surface area contributed by atoms with Gasteiger partial charge in [0.2, 0.25) is 0 Å². The second kappa shape index (κ2) is 3.24. The molecule has 0 saturated heterocycles. The summed E-state index contributed by atoms with van der Waals surface area (Å²) in [6, 6.07) is 4.28. The Morgan fingerprint density at radius 1 is 1.33 bits per heavy atom. The van der Waals surface area contributed by atoms with Gasteiger partial charge in [0.25, 0.3) is 0 Å². The minimum Gasteiger partial charge on any atom is -0.507 e. The fourth-order valence-electron chi connectivity index (χ4n) is 2.48. The van der Waals surface area contributed by atoms with Gasteiger partial charge < -0.3 is 10.8 Å². The van der Waals surface area contributed by atoms with E-state index in [1.54, 1.807) is 0 Å². The quantitative estimate of drug-likeness (QED) is 0.778. The van der Waals surface area contributed by atoms with Crippen molar-refractivity contribution in [1.29, 1.82) is 0 Å². The highest BCUT2D eigenvalue weighted by atomic mass is 16.3. The molecular weight excluding hydrogens is 186 g/mol. The molecule has 0 spiro atoms. The topological polar surface area (TPSA) is 46.2 Å². The molecule has 1 fully saturated rings. The third-order valence-corrected chi connectivity index (χ3v) is 3.83. The molecule has 3 N–H and O–H groups in total. The highest BCUT2D eigenvalue weighted by molar-refractivity contribution is 5.49. The molecule has 0 aromatic heterocycles.